The molecule has 0 unspecified atom stereocenters. The Bertz CT molecular complexity index is 410. The van der Waals surface area contributed by atoms with Crippen molar-refractivity contribution in [1.82, 2.24) is 10.6 Å². The molecular weight excluding hydrogens is 232 g/mol. The molecule has 2 N–H and O–H groups in total. The van der Waals surface area contributed by atoms with Gasteiger partial charge in [0.05, 0.1) is 0 Å². The average Bonchev–Trinajstić information content (AvgIpc) is 2.82. The maximum atomic E-state index is 11.6. The highest BCUT2D eigenvalue weighted by Gasteiger charge is 2.10. The van der Waals surface area contributed by atoms with Crippen molar-refractivity contribution in [2.24, 2.45) is 5.92 Å². The maximum Gasteiger partial charge on any atom is 0.287 e. The van der Waals surface area contributed by atoms with Gasteiger partial charge in [-0.2, -0.15) is 0 Å². The Morgan fingerprint density at radius 3 is 2.44 bits per heavy atom. The van der Waals surface area contributed by atoms with Gasteiger partial charge in [0.2, 0.25) is 5.91 Å². The number of hydrogen-bond donors (Lipinski definition) is 2. The first-order chi connectivity index (χ1) is 8.54. The Hall–Kier alpha value is -1.78. The molecule has 0 aromatic carbocycles. The summed E-state index contributed by atoms with van der Waals surface area (Å²) in [4.78, 5) is 22.9. The molecule has 0 aliphatic carbocycles. The molecule has 0 saturated heterocycles. The third-order valence-electron chi connectivity index (χ3n) is 2.47. The third-order valence-corrected chi connectivity index (χ3v) is 2.47. The van der Waals surface area contributed by atoms with Gasteiger partial charge in [-0.1, -0.05) is 20.8 Å². The minimum absolute atomic E-state index is 0.0180. The summed E-state index contributed by atoms with van der Waals surface area (Å²) in [6, 6.07) is 3.44. The molecule has 0 atom stereocenters. The molecule has 1 heterocycles. The molecule has 0 aliphatic rings. The van der Waals surface area contributed by atoms with Crippen LogP contribution in [0.3, 0.4) is 0 Å². The highest BCUT2D eigenvalue weighted by atomic mass is 16.3. The lowest BCUT2D eigenvalue weighted by Crippen LogP contribution is -2.36. The highest BCUT2D eigenvalue weighted by Crippen LogP contribution is 2.07. The molecule has 0 fully saturated rings. The van der Waals surface area contributed by atoms with Crippen LogP contribution in [-0.2, 0) is 11.2 Å². The molecular formula is C13H20N2O3. The van der Waals surface area contributed by atoms with Gasteiger partial charge in [0, 0.05) is 25.4 Å². The highest BCUT2D eigenvalue weighted by molar-refractivity contribution is 5.91. The molecule has 5 nitrogen and oxygen atoms in total. The van der Waals surface area contributed by atoms with Gasteiger partial charge in [0.15, 0.2) is 5.76 Å². The van der Waals surface area contributed by atoms with Crippen LogP contribution in [0.15, 0.2) is 16.5 Å². The second-order valence-corrected chi connectivity index (χ2v) is 4.32. The minimum Gasteiger partial charge on any atom is -0.456 e. The van der Waals surface area contributed by atoms with E-state index in [0.29, 0.717) is 18.8 Å². The van der Waals surface area contributed by atoms with Gasteiger partial charge < -0.3 is 15.1 Å². The number of hydrogen-bond acceptors (Lipinski definition) is 3. The normalized spacial score (nSPS) is 10.4. The first-order valence-electron chi connectivity index (χ1n) is 6.19. The van der Waals surface area contributed by atoms with Gasteiger partial charge in [-0.15, -0.1) is 0 Å². The van der Waals surface area contributed by atoms with Gasteiger partial charge >= 0.3 is 0 Å². The first-order valence-corrected chi connectivity index (χ1v) is 6.19. The summed E-state index contributed by atoms with van der Waals surface area (Å²) in [7, 11) is 0. The fraction of sp³-hybridized carbons (Fsp3) is 0.538. The molecule has 0 spiro atoms. The summed E-state index contributed by atoms with van der Waals surface area (Å²) in [5.74, 6) is 0.775. The number of carbonyl (C=O) groups is 2. The van der Waals surface area contributed by atoms with Crippen molar-refractivity contribution >= 4 is 11.8 Å². The second-order valence-electron chi connectivity index (χ2n) is 4.32. The summed E-state index contributed by atoms with van der Waals surface area (Å²) < 4.78 is 5.31. The number of carbonyl (C=O) groups excluding carboxylic acids is 2. The van der Waals surface area contributed by atoms with E-state index >= 15 is 0 Å². The Morgan fingerprint density at radius 2 is 1.89 bits per heavy atom. The van der Waals surface area contributed by atoms with Crippen molar-refractivity contribution in [3.05, 3.63) is 23.7 Å². The van der Waals surface area contributed by atoms with E-state index in [1.54, 1.807) is 12.1 Å². The fourth-order valence-electron chi connectivity index (χ4n) is 1.34. The molecule has 5 heteroatoms. The first kappa shape index (κ1) is 14.3. The topological polar surface area (TPSA) is 71.3 Å². The summed E-state index contributed by atoms with van der Waals surface area (Å²) in [5, 5.41) is 5.40. The van der Waals surface area contributed by atoms with Gasteiger partial charge in [0.25, 0.3) is 5.91 Å². The van der Waals surface area contributed by atoms with Gasteiger partial charge in [-0.05, 0) is 12.1 Å². The van der Waals surface area contributed by atoms with Crippen molar-refractivity contribution < 1.29 is 14.0 Å². The minimum atomic E-state index is -0.256. The molecule has 1 aromatic heterocycles. The monoisotopic (exact) mass is 252 g/mol. The average molecular weight is 252 g/mol. The summed E-state index contributed by atoms with van der Waals surface area (Å²) in [6.07, 6.45) is 0.762. The predicted octanol–water partition coefficient (Wildman–Crippen LogP) is 1.34. The number of aryl methyl sites for hydroxylation is 1. The molecule has 1 aromatic rings. The van der Waals surface area contributed by atoms with Crippen LogP contribution in [-0.4, -0.2) is 24.9 Å². The second kappa shape index (κ2) is 6.83. The van der Waals surface area contributed by atoms with Crippen molar-refractivity contribution in [2.45, 2.75) is 27.2 Å². The molecule has 0 aliphatic heterocycles. The largest absolute Gasteiger partial charge is 0.456 e. The predicted molar refractivity (Wildman–Crippen MR) is 68.3 cm³/mol. The van der Waals surface area contributed by atoms with Crippen molar-refractivity contribution in [3.8, 4) is 0 Å². The lowest BCUT2D eigenvalue weighted by molar-refractivity contribution is -0.123. The van der Waals surface area contributed by atoms with E-state index in [9.17, 15) is 9.59 Å². The van der Waals surface area contributed by atoms with Crippen LogP contribution >= 0.6 is 0 Å². The Balaban J connectivity index is 2.27. The van der Waals surface area contributed by atoms with Crippen LogP contribution in [0, 0.1) is 5.92 Å². The zero-order valence-corrected chi connectivity index (χ0v) is 11.1. The smallest absolute Gasteiger partial charge is 0.287 e. The van der Waals surface area contributed by atoms with Crippen molar-refractivity contribution in [1.29, 1.82) is 0 Å². The van der Waals surface area contributed by atoms with Gasteiger partial charge in [0.1, 0.15) is 5.76 Å². The van der Waals surface area contributed by atoms with Crippen LogP contribution in [0.5, 0.6) is 0 Å². The quantitative estimate of drug-likeness (QED) is 0.751. The molecule has 0 radical (unpaired) electrons. The maximum absolute atomic E-state index is 11.6. The fourth-order valence-corrected chi connectivity index (χ4v) is 1.34. The van der Waals surface area contributed by atoms with Crippen LogP contribution in [0.25, 0.3) is 0 Å². The Kier molecular flexibility index (Phi) is 5.42. The van der Waals surface area contributed by atoms with E-state index in [1.807, 2.05) is 20.8 Å². The SMILES string of the molecule is CCc1ccc(C(=O)NCCNC(=O)C(C)C)o1. The van der Waals surface area contributed by atoms with E-state index in [0.717, 1.165) is 12.2 Å². The number of rotatable bonds is 6. The van der Waals surface area contributed by atoms with Crippen LogP contribution < -0.4 is 10.6 Å². The van der Waals surface area contributed by atoms with E-state index in [2.05, 4.69) is 10.6 Å². The van der Waals surface area contributed by atoms with Crippen LogP contribution in [0.4, 0.5) is 0 Å². The summed E-state index contributed by atoms with van der Waals surface area (Å²) in [5.41, 5.74) is 0. The summed E-state index contributed by atoms with van der Waals surface area (Å²) in [6.45, 7) is 6.41. The van der Waals surface area contributed by atoms with Crippen LogP contribution in [0.1, 0.15) is 37.1 Å². The van der Waals surface area contributed by atoms with E-state index < -0.39 is 0 Å². The van der Waals surface area contributed by atoms with E-state index in [1.165, 1.54) is 0 Å². The van der Waals surface area contributed by atoms with Crippen LogP contribution in [0.2, 0.25) is 0 Å². The number of amides is 2. The molecule has 18 heavy (non-hydrogen) atoms. The van der Waals surface area contributed by atoms with E-state index in [-0.39, 0.29) is 17.7 Å². The summed E-state index contributed by atoms with van der Waals surface area (Å²) >= 11 is 0. The lowest BCUT2D eigenvalue weighted by Gasteiger charge is -2.07. The lowest BCUT2D eigenvalue weighted by atomic mass is 10.2. The molecule has 2 amide bonds. The molecule has 1 rings (SSSR count). The van der Waals surface area contributed by atoms with Crippen molar-refractivity contribution in [2.75, 3.05) is 13.1 Å². The molecule has 100 valence electrons. The Labute approximate surface area is 107 Å². The Morgan fingerprint density at radius 1 is 1.22 bits per heavy atom. The zero-order valence-electron chi connectivity index (χ0n) is 11.1. The standard InChI is InChI=1S/C13H20N2O3/c1-4-10-5-6-11(18-10)13(17)15-8-7-14-12(16)9(2)3/h5-6,9H,4,7-8H2,1-3H3,(H,14,16)(H,15,17). The van der Waals surface area contributed by atoms with Gasteiger partial charge in [-0.3, -0.25) is 9.59 Å². The number of furan rings is 1. The number of nitrogens with one attached hydrogen (secondary N) is 2. The molecule has 0 saturated carbocycles. The third kappa shape index (κ3) is 4.24. The zero-order chi connectivity index (χ0) is 13.5. The van der Waals surface area contributed by atoms with Gasteiger partial charge in [-0.25, -0.2) is 0 Å². The van der Waals surface area contributed by atoms with E-state index in [4.69, 9.17) is 4.42 Å². The van der Waals surface area contributed by atoms with Crippen molar-refractivity contribution in [3.63, 3.8) is 0 Å². The molecule has 0 bridgehead atoms.